The maximum Gasteiger partial charge on any atom is 0.0737 e. The summed E-state index contributed by atoms with van der Waals surface area (Å²) < 4.78 is 0. The normalized spacial score (nSPS) is 19.0. The summed E-state index contributed by atoms with van der Waals surface area (Å²) in [5, 5.41) is 0. The average Bonchev–Trinajstić information content (AvgIpc) is 3.70. The first kappa shape index (κ1) is 21.1. The van der Waals surface area contributed by atoms with E-state index in [0.29, 0.717) is 0 Å². The van der Waals surface area contributed by atoms with Gasteiger partial charge in [0.1, 0.15) is 0 Å². The number of anilines is 1. The Hall–Kier alpha value is -5.16. The summed E-state index contributed by atoms with van der Waals surface area (Å²) in [6.45, 7) is 0. The number of hydrogen-bond acceptors (Lipinski definition) is 5. The third-order valence-electron chi connectivity index (χ3n) is 6.46. The molecule has 37 heavy (non-hydrogen) atoms. The molecule has 0 radical (unpaired) electrons. The number of aliphatic imine (C=N–C) groups is 4. The van der Waals surface area contributed by atoms with Crippen LogP contribution in [-0.2, 0) is 0 Å². The van der Waals surface area contributed by atoms with Gasteiger partial charge in [0, 0.05) is 11.3 Å². The van der Waals surface area contributed by atoms with Crippen LogP contribution in [0, 0.1) is 0 Å². The van der Waals surface area contributed by atoms with Crippen LogP contribution in [0.5, 0.6) is 0 Å². The molecule has 0 atom stereocenters. The largest absolute Gasteiger partial charge is 0.399 e. The van der Waals surface area contributed by atoms with Crippen molar-refractivity contribution in [2.75, 3.05) is 5.73 Å². The summed E-state index contributed by atoms with van der Waals surface area (Å²) in [6, 6.07) is 16.4. The van der Waals surface area contributed by atoms with Gasteiger partial charge in [-0.25, -0.2) is 20.0 Å². The van der Waals surface area contributed by atoms with Crippen molar-refractivity contribution in [3.8, 4) is 11.1 Å². The molecule has 2 N–H and O–H groups in total. The molecule has 0 amide bonds. The minimum atomic E-state index is 0.753. The van der Waals surface area contributed by atoms with Crippen molar-refractivity contribution in [1.29, 1.82) is 0 Å². The van der Waals surface area contributed by atoms with Crippen LogP contribution in [0.3, 0.4) is 0 Å². The Morgan fingerprint density at radius 3 is 1.68 bits per heavy atom. The fraction of sp³-hybridized carbons (Fsp3) is 0. The number of allylic oxidation sites excluding steroid dienone is 12. The van der Waals surface area contributed by atoms with Gasteiger partial charge in [-0.3, -0.25) is 0 Å². The van der Waals surface area contributed by atoms with Crippen molar-refractivity contribution in [3.05, 3.63) is 144 Å². The van der Waals surface area contributed by atoms with Crippen molar-refractivity contribution in [2.45, 2.75) is 0 Å². The lowest BCUT2D eigenvalue weighted by molar-refractivity contribution is 1.41. The fourth-order valence-electron chi connectivity index (χ4n) is 4.67. The Labute approximate surface area is 214 Å². The van der Waals surface area contributed by atoms with E-state index in [1.54, 1.807) is 0 Å². The van der Waals surface area contributed by atoms with E-state index in [1.165, 1.54) is 0 Å². The molecule has 8 bridgehead atoms. The van der Waals surface area contributed by atoms with E-state index in [1.807, 2.05) is 85.0 Å². The van der Waals surface area contributed by atoms with Crippen LogP contribution in [0.2, 0.25) is 0 Å². The number of nitrogens with zero attached hydrogens (tertiary/aromatic N) is 4. The lowest BCUT2D eigenvalue weighted by atomic mass is 9.96. The average molecular weight is 476 g/mol. The molecule has 2 aromatic carbocycles. The number of nitrogens with two attached hydrogens (primary N) is 1. The SMILES string of the molecule is Nc1ccc(-c2cccc(C3=CC4=CC5=NC(=CC6=NC(=CC7=NC(=CC3=N4)C=C7)C=C6)C=C5)c2)cc1. The second-order valence-corrected chi connectivity index (χ2v) is 9.14. The second-order valence-electron chi connectivity index (χ2n) is 9.14. The first-order valence-corrected chi connectivity index (χ1v) is 12.1. The first-order valence-electron chi connectivity index (χ1n) is 12.1. The molecule has 0 saturated carbocycles. The smallest absolute Gasteiger partial charge is 0.0737 e. The Bertz CT molecular complexity index is 1740. The maximum atomic E-state index is 5.89. The van der Waals surface area contributed by atoms with E-state index in [9.17, 15) is 0 Å². The quantitative estimate of drug-likeness (QED) is 0.505. The molecule has 0 aliphatic carbocycles. The molecule has 0 saturated heterocycles. The van der Waals surface area contributed by atoms with Gasteiger partial charge in [0.25, 0.3) is 0 Å². The van der Waals surface area contributed by atoms with Gasteiger partial charge >= 0.3 is 0 Å². The third kappa shape index (κ3) is 4.23. The summed E-state index contributed by atoms with van der Waals surface area (Å²) in [4.78, 5) is 19.2. The molecule has 0 spiro atoms. The van der Waals surface area contributed by atoms with Crippen LogP contribution in [0.25, 0.3) is 16.7 Å². The molecule has 2 aromatic rings. The molecule has 0 fully saturated rings. The van der Waals surface area contributed by atoms with Crippen molar-refractivity contribution < 1.29 is 0 Å². The molecular formula is C32H21N5. The fourth-order valence-corrected chi connectivity index (χ4v) is 4.67. The van der Waals surface area contributed by atoms with E-state index in [2.05, 4.69) is 35.3 Å². The molecule has 174 valence electrons. The van der Waals surface area contributed by atoms with Crippen LogP contribution in [0.4, 0.5) is 5.69 Å². The standard InChI is InChI=1S/C32H21N5/c33-23-6-4-20(5-7-23)21-2-1-3-22(14-21)31-18-30-17-28-11-10-26(35-28)15-24-8-9-25(34-24)16-27-12-13-29(36-27)19-32(31)37-30/h1-19H,33H2. The third-order valence-corrected chi connectivity index (χ3v) is 6.46. The molecule has 5 aliphatic rings. The minimum Gasteiger partial charge on any atom is -0.399 e. The van der Waals surface area contributed by atoms with E-state index >= 15 is 0 Å². The molecular weight excluding hydrogens is 454 g/mol. The van der Waals surface area contributed by atoms with Gasteiger partial charge < -0.3 is 5.73 Å². The van der Waals surface area contributed by atoms with E-state index in [-0.39, 0.29) is 0 Å². The summed E-state index contributed by atoms with van der Waals surface area (Å²) in [6.07, 6.45) is 22.1. The Morgan fingerprint density at radius 1 is 0.459 bits per heavy atom. The van der Waals surface area contributed by atoms with E-state index < -0.39 is 0 Å². The summed E-state index contributed by atoms with van der Waals surface area (Å²) in [5.74, 6) is 0. The minimum absolute atomic E-state index is 0.753. The van der Waals surface area contributed by atoms with Gasteiger partial charge in [-0.2, -0.15) is 0 Å². The van der Waals surface area contributed by atoms with Gasteiger partial charge in [-0.1, -0.05) is 30.3 Å². The highest BCUT2D eigenvalue weighted by atomic mass is 14.8. The number of fused-ring (bicyclic) bond motifs is 4. The highest BCUT2D eigenvalue weighted by molar-refractivity contribution is 6.32. The predicted octanol–water partition coefficient (Wildman–Crippen LogP) is 6.36. The van der Waals surface area contributed by atoms with Crippen molar-refractivity contribution in [1.82, 2.24) is 0 Å². The summed E-state index contributed by atoms with van der Waals surface area (Å²) >= 11 is 0. The highest BCUT2D eigenvalue weighted by Gasteiger charge is 2.19. The topological polar surface area (TPSA) is 75.5 Å². The van der Waals surface area contributed by atoms with Gasteiger partial charge in [-0.15, -0.1) is 0 Å². The van der Waals surface area contributed by atoms with E-state index in [0.717, 1.165) is 73.6 Å². The molecule has 0 aromatic heterocycles. The molecule has 5 heteroatoms. The zero-order chi connectivity index (χ0) is 24.8. The highest BCUT2D eigenvalue weighted by Crippen LogP contribution is 2.31. The van der Waals surface area contributed by atoms with Gasteiger partial charge in [0.2, 0.25) is 0 Å². The van der Waals surface area contributed by atoms with Crippen LogP contribution >= 0.6 is 0 Å². The summed E-state index contributed by atoms with van der Waals surface area (Å²) in [5.41, 5.74) is 17.9. The summed E-state index contributed by atoms with van der Waals surface area (Å²) in [7, 11) is 0. The van der Waals surface area contributed by atoms with Gasteiger partial charge in [0.15, 0.2) is 0 Å². The van der Waals surface area contributed by atoms with Crippen LogP contribution in [0.15, 0.2) is 158 Å². The Morgan fingerprint density at radius 2 is 1.03 bits per heavy atom. The number of rotatable bonds is 2. The Balaban J connectivity index is 1.34. The molecule has 5 heterocycles. The number of benzene rings is 2. The number of hydrogen-bond donors (Lipinski definition) is 1. The van der Waals surface area contributed by atoms with Crippen molar-refractivity contribution >= 4 is 34.1 Å². The second kappa shape index (κ2) is 8.50. The van der Waals surface area contributed by atoms with Gasteiger partial charge in [-0.05, 0) is 102 Å². The molecule has 0 unspecified atom stereocenters. The molecule has 7 rings (SSSR count). The zero-order valence-corrected chi connectivity index (χ0v) is 19.8. The maximum absolute atomic E-state index is 5.89. The van der Waals surface area contributed by atoms with E-state index in [4.69, 9.17) is 20.7 Å². The first-order chi connectivity index (χ1) is 18.1. The van der Waals surface area contributed by atoms with Crippen LogP contribution in [-0.4, -0.2) is 22.8 Å². The Kier molecular flexibility index (Phi) is 4.86. The van der Waals surface area contributed by atoms with Crippen LogP contribution in [0.1, 0.15) is 5.56 Å². The number of nitrogen functional groups attached to an aromatic ring is 1. The lowest BCUT2D eigenvalue weighted by Gasteiger charge is -2.08. The zero-order valence-electron chi connectivity index (χ0n) is 19.8. The van der Waals surface area contributed by atoms with Gasteiger partial charge in [0.05, 0.1) is 45.6 Å². The van der Waals surface area contributed by atoms with Crippen LogP contribution < -0.4 is 5.73 Å². The molecule has 5 aliphatic heterocycles. The van der Waals surface area contributed by atoms with Crippen molar-refractivity contribution in [2.24, 2.45) is 20.0 Å². The monoisotopic (exact) mass is 475 g/mol. The molecule has 5 nitrogen and oxygen atoms in total. The predicted molar refractivity (Wildman–Crippen MR) is 154 cm³/mol. The van der Waals surface area contributed by atoms with Crippen molar-refractivity contribution in [3.63, 3.8) is 0 Å². The lowest BCUT2D eigenvalue weighted by Crippen LogP contribution is -1.97.